The summed E-state index contributed by atoms with van der Waals surface area (Å²) in [6, 6.07) is 10.7. The molecular weight excluding hydrogens is 550 g/mol. The van der Waals surface area contributed by atoms with E-state index in [1.807, 2.05) is 0 Å². The minimum Gasteiger partial charge on any atom is -0.507 e. The molecule has 2 amide bonds. The lowest BCUT2D eigenvalue weighted by molar-refractivity contribution is 0.0882. The molecule has 0 radical (unpaired) electrons. The molecular formula is C27H29Cl2FN4O5. The molecule has 4 rings (SSSR count). The third-order valence-electron chi connectivity index (χ3n) is 6.23. The Morgan fingerprint density at radius 1 is 0.923 bits per heavy atom. The number of carbonyl (C=O) groups excluding carboxylic acids is 3. The van der Waals surface area contributed by atoms with Crippen molar-refractivity contribution in [2.45, 2.75) is 24.9 Å². The summed E-state index contributed by atoms with van der Waals surface area (Å²) >= 11 is 0. The van der Waals surface area contributed by atoms with Gasteiger partial charge < -0.3 is 25.8 Å². The lowest BCUT2D eigenvalue weighted by Crippen LogP contribution is -2.54. The molecule has 0 aliphatic carbocycles. The number of methoxy groups -OCH3 is 1. The Balaban J connectivity index is 0.00000267. The maximum atomic E-state index is 14.6. The van der Waals surface area contributed by atoms with Crippen molar-refractivity contribution in [3.05, 3.63) is 89.0 Å². The molecule has 1 fully saturated rings. The molecule has 0 spiro atoms. The van der Waals surface area contributed by atoms with E-state index in [1.54, 1.807) is 12.1 Å². The average Bonchev–Trinajstić information content (AvgIpc) is 3.14. The van der Waals surface area contributed by atoms with Crippen LogP contribution in [0.2, 0.25) is 0 Å². The van der Waals surface area contributed by atoms with Gasteiger partial charge in [-0.05, 0) is 55.8 Å². The van der Waals surface area contributed by atoms with Crippen molar-refractivity contribution in [1.29, 1.82) is 0 Å². The highest BCUT2D eigenvalue weighted by molar-refractivity contribution is 6.11. The summed E-state index contributed by atoms with van der Waals surface area (Å²) in [5.41, 5.74) is 0.363. The van der Waals surface area contributed by atoms with Crippen LogP contribution in [0.1, 0.15) is 49.5 Å². The predicted octanol–water partition coefficient (Wildman–Crippen LogP) is 3.29. The summed E-state index contributed by atoms with van der Waals surface area (Å²) in [5.74, 6) is -3.01. The van der Waals surface area contributed by atoms with Gasteiger partial charge in [-0.1, -0.05) is 12.1 Å². The number of hydrogen-bond acceptors (Lipinski definition) is 7. The second kappa shape index (κ2) is 14.4. The van der Waals surface area contributed by atoms with Crippen molar-refractivity contribution in [2.24, 2.45) is 0 Å². The van der Waals surface area contributed by atoms with Crippen molar-refractivity contribution in [3.8, 4) is 11.5 Å². The maximum absolute atomic E-state index is 14.6. The lowest BCUT2D eigenvalue weighted by atomic mass is 9.99. The normalized spacial score (nSPS) is 16.5. The fourth-order valence-electron chi connectivity index (χ4n) is 4.22. The van der Waals surface area contributed by atoms with Gasteiger partial charge in [0.05, 0.1) is 19.2 Å². The molecule has 2 heterocycles. The zero-order valence-corrected chi connectivity index (χ0v) is 22.6. The first-order valence-electron chi connectivity index (χ1n) is 11.8. The first-order chi connectivity index (χ1) is 17.9. The van der Waals surface area contributed by atoms with E-state index in [-0.39, 0.29) is 60.0 Å². The van der Waals surface area contributed by atoms with Crippen LogP contribution in [0, 0.1) is 5.82 Å². The number of ether oxygens (including phenoxy) is 1. The van der Waals surface area contributed by atoms with Crippen molar-refractivity contribution in [2.75, 3.05) is 20.2 Å². The third-order valence-corrected chi connectivity index (χ3v) is 6.23. The number of amides is 2. The van der Waals surface area contributed by atoms with Crippen LogP contribution in [-0.4, -0.2) is 60.0 Å². The molecule has 2 atom stereocenters. The van der Waals surface area contributed by atoms with Crippen LogP contribution < -0.4 is 20.7 Å². The summed E-state index contributed by atoms with van der Waals surface area (Å²) < 4.78 is 19.5. The molecule has 1 aliphatic heterocycles. The zero-order chi connectivity index (χ0) is 26.4. The van der Waals surface area contributed by atoms with Crippen molar-refractivity contribution < 1.29 is 28.6 Å². The molecule has 4 N–H and O–H groups in total. The number of pyridine rings is 1. The highest BCUT2D eigenvalue weighted by Crippen LogP contribution is 2.30. The number of hydrogen-bond donors (Lipinski definition) is 4. The quantitative estimate of drug-likeness (QED) is 0.316. The number of phenols is 1. The van der Waals surface area contributed by atoms with Crippen molar-refractivity contribution in [1.82, 2.24) is 20.9 Å². The van der Waals surface area contributed by atoms with Crippen LogP contribution in [0.3, 0.4) is 0 Å². The van der Waals surface area contributed by atoms with Crippen LogP contribution in [-0.2, 0) is 0 Å². The summed E-state index contributed by atoms with van der Waals surface area (Å²) in [6.07, 6.45) is 4.55. The van der Waals surface area contributed by atoms with Gasteiger partial charge in [0.25, 0.3) is 11.8 Å². The van der Waals surface area contributed by atoms with E-state index >= 15 is 0 Å². The molecule has 9 nitrogen and oxygen atoms in total. The van der Waals surface area contributed by atoms with Gasteiger partial charge in [-0.3, -0.25) is 19.4 Å². The summed E-state index contributed by atoms with van der Waals surface area (Å²) in [5, 5.41) is 19.3. The number of rotatable bonds is 7. The van der Waals surface area contributed by atoms with Gasteiger partial charge in [-0.25, -0.2) is 4.39 Å². The van der Waals surface area contributed by atoms with E-state index in [0.29, 0.717) is 24.1 Å². The standard InChI is InChI=1S/C27H27FN4O5.2ClH/c1-37-22-9-8-21(33)23(24(22)28)25(34)16-4-6-17(7-5-16)26(35)31-19-3-2-12-30-15-20(19)32-27(36)18-10-13-29-14-11-18;;/h4-11,13-14,19-20,30,33H,2-3,12,15H2,1H3,(H,31,35)(H,32,36);2*1H/t19-,20?;;/m1../s1. The second-order valence-corrected chi connectivity index (χ2v) is 8.62. The number of aromatic nitrogens is 1. The molecule has 1 unspecified atom stereocenters. The number of ketones is 1. The molecule has 208 valence electrons. The average molecular weight is 579 g/mol. The molecule has 0 bridgehead atoms. The second-order valence-electron chi connectivity index (χ2n) is 8.62. The molecule has 1 aliphatic rings. The van der Waals surface area contributed by atoms with Gasteiger partial charge in [-0.15, -0.1) is 24.8 Å². The van der Waals surface area contributed by atoms with Gasteiger partial charge in [0.15, 0.2) is 17.3 Å². The largest absolute Gasteiger partial charge is 0.507 e. The minimum absolute atomic E-state index is 0. The van der Waals surface area contributed by atoms with E-state index < -0.39 is 22.9 Å². The maximum Gasteiger partial charge on any atom is 0.251 e. The Bertz CT molecular complexity index is 1300. The molecule has 1 saturated heterocycles. The molecule has 3 aromatic rings. The molecule has 2 aromatic carbocycles. The SMILES string of the molecule is COc1ccc(O)c(C(=O)c2ccc(C(=O)N[C@@H]3CCCNCC3NC(=O)c3ccncc3)cc2)c1F.Cl.Cl. The van der Waals surface area contributed by atoms with E-state index in [2.05, 4.69) is 20.9 Å². The fourth-order valence-corrected chi connectivity index (χ4v) is 4.22. The number of carbonyl (C=O) groups is 3. The summed E-state index contributed by atoms with van der Waals surface area (Å²) in [7, 11) is 1.26. The molecule has 1 aromatic heterocycles. The number of nitrogens with one attached hydrogen (secondary N) is 3. The van der Waals surface area contributed by atoms with Crippen LogP contribution >= 0.6 is 24.8 Å². The van der Waals surface area contributed by atoms with Gasteiger partial charge in [-0.2, -0.15) is 0 Å². The Morgan fingerprint density at radius 2 is 1.51 bits per heavy atom. The predicted molar refractivity (Wildman–Crippen MR) is 148 cm³/mol. The van der Waals surface area contributed by atoms with Crippen LogP contribution in [0.15, 0.2) is 60.9 Å². The van der Waals surface area contributed by atoms with Crippen LogP contribution in [0.25, 0.3) is 0 Å². The number of benzene rings is 2. The van der Waals surface area contributed by atoms with E-state index in [0.717, 1.165) is 13.0 Å². The fraction of sp³-hybridized carbons (Fsp3) is 0.259. The summed E-state index contributed by atoms with van der Waals surface area (Å²) in [6.45, 7) is 1.25. The molecule has 0 saturated carbocycles. The zero-order valence-electron chi connectivity index (χ0n) is 21.0. The Morgan fingerprint density at radius 3 is 2.15 bits per heavy atom. The van der Waals surface area contributed by atoms with Crippen molar-refractivity contribution >= 4 is 42.4 Å². The molecule has 12 heteroatoms. The first kappa shape index (κ1) is 31.5. The number of nitrogens with zero attached hydrogens (tertiary/aromatic N) is 1. The highest BCUT2D eigenvalue weighted by atomic mass is 35.5. The third kappa shape index (κ3) is 7.44. The van der Waals surface area contributed by atoms with Crippen molar-refractivity contribution in [3.63, 3.8) is 0 Å². The smallest absolute Gasteiger partial charge is 0.251 e. The minimum atomic E-state index is -0.962. The number of aromatic hydroxyl groups is 1. The van der Waals surface area contributed by atoms with Gasteiger partial charge in [0, 0.05) is 35.6 Å². The Kier molecular flexibility index (Phi) is 11.7. The topological polar surface area (TPSA) is 130 Å². The van der Waals surface area contributed by atoms with Crippen LogP contribution in [0.4, 0.5) is 4.39 Å². The number of phenolic OH excluding ortho intramolecular Hbond substituents is 1. The van der Waals surface area contributed by atoms with Crippen LogP contribution in [0.5, 0.6) is 11.5 Å². The molecule has 39 heavy (non-hydrogen) atoms. The number of halogens is 3. The summed E-state index contributed by atoms with van der Waals surface area (Å²) in [4.78, 5) is 42.5. The van der Waals surface area contributed by atoms with E-state index in [4.69, 9.17) is 4.74 Å². The monoisotopic (exact) mass is 578 g/mol. The van der Waals surface area contributed by atoms with Gasteiger partial charge in [0.2, 0.25) is 0 Å². The van der Waals surface area contributed by atoms with E-state index in [1.165, 1.54) is 55.9 Å². The Hall–Kier alpha value is -3.73. The van der Waals surface area contributed by atoms with Gasteiger partial charge >= 0.3 is 0 Å². The lowest BCUT2D eigenvalue weighted by Gasteiger charge is -2.27. The van der Waals surface area contributed by atoms with E-state index in [9.17, 15) is 23.9 Å². The first-order valence-corrected chi connectivity index (χ1v) is 11.8. The van der Waals surface area contributed by atoms with Gasteiger partial charge in [0.1, 0.15) is 11.3 Å². The Labute approximate surface area is 237 Å². The highest BCUT2D eigenvalue weighted by Gasteiger charge is 2.28.